The van der Waals surface area contributed by atoms with Crippen molar-refractivity contribution < 1.29 is 23.7 Å². The van der Waals surface area contributed by atoms with E-state index in [2.05, 4.69) is 19.1 Å². The lowest BCUT2D eigenvalue weighted by Gasteiger charge is -2.55. The van der Waals surface area contributed by atoms with E-state index >= 15 is 0 Å². The zero-order valence-electron chi connectivity index (χ0n) is 21.6. The Bertz CT molecular complexity index is 1330. The quantitative estimate of drug-likeness (QED) is 0.385. The van der Waals surface area contributed by atoms with Crippen LogP contribution in [0.3, 0.4) is 0 Å². The molecule has 1 fully saturated rings. The molecule has 3 aromatic rings. The van der Waals surface area contributed by atoms with E-state index in [-0.39, 0.29) is 11.9 Å². The van der Waals surface area contributed by atoms with Crippen LogP contribution in [0.15, 0.2) is 60.7 Å². The summed E-state index contributed by atoms with van der Waals surface area (Å²) in [6, 6.07) is 19.0. The number of hydrogen-bond acceptors (Lipinski definition) is 6. The van der Waals surface area contributed by atoms with E-state index in [1.807, 2.05) is 48.2 Å². The van der Waals surface area contributed by atoms with E-state index in [4.69, 9.17) is 31.2 Å². The average Bonchev–Trinajstić information content (AvgIpc) is 2.92. The fourth-order valence-corrected chi connectivity index (χ4v) is 5.75. The number of thiocarbonyl (C=S) groups is 1. The van der Waals surface area contributed by atoms with Gasteiger partial charge in [0.05, 0.1) is 27.4 Å². The molecule has 0 spiro atoms. The molecule has 8 heteroatoms. The van der Waals surface area contributed by atoms with Gasteiger partial charge in [-0.3, -0.25) is 14.6 Å². The molecule has 0 radical (unpaired) electrons. The lowest BCUT2D eigenvalue weighted by atomic mass is 9.88. The molecule has 37 heavy (non-hydrogen) atoms. The number of anilines is 1. The van der Waals surface area contributed by atoms with Crippen molar-refractivity contribution in [2.24, 2.45) is 0 Å². The lowest BCUT2D eigenvalue weighted by Crippen LogP contribution is -2.67. The zero-order chi connectivity index (χ0) is 26.3. The molecule has 0 N–H and O–H groups in total. The molecule has 0 aromatic heterocycles. The molecule has 2 aliphatic heterocycles. The van der Waals surface area contributed by atoms with Crippen molar-refractivity contribution in [2.75, 3.05) is 26.2 Å². The molecular formula is C29H30N2O5S. The third-order valence-corrected chi connectivity index (χ3v) is 7.47. The van der Waals surface area contributed by atoms with Gasteiger partial charge in [-0.15, -0.1) is 0 Å². The molecule has 2 bridgehead atoms. The first-order chi connectivity index (χ1) is 17.8. The Morgan fingerprint density at radius 2 is 1.68 bits per heavy atom. The number of fused-ring (bicyclic) bond motifs is 4. The minimum Gasteiger partial charge on any atom is -0.493 e. The van der Waals surface area contributed by atoms with E-state index in [0.717, 1.165) is 23.4 Å². The molecule has 0 aliphatic carbocycles. The Morgan fingerprint density at radius 3 is 2.27 bits per heavy atom. The molecule has 2 heterocycles. The van der Waals surface area contributed by atoms with Crippen LogP contribution >= 0.6 is 12.2 Å². The third kappa shape index (κ3) is 4.05. The Labute approximate surface area is 222 Å². The highest BCUT2D eigenvalue weighted by atomic mass is 32.1. The van der Waals surface area contributed by atoms with Gasteiger partial charge in [-0.05, 0) is 61.5 Å². The van der Waals surface area contributed by atoms with Gasteiger partial charge in [-0.2, -0.15) is 0 Å². The smallest absolute Gasteiger partial charge is 0.260 e. The Kier molecular flexibility index (Phi) is 6.45. The summed E-state index contributed by atoms with van der Waals surface area (Å²) in [5, 5.41) is 0.372. The SMILES string of the molecule is CCc1ccc(N2C(=S)N(C(=O)c3cc(OC)c(OC)c(OC)c3)C3CC2(C)Oc2ccccc23)cc1. The van der Waals surface area contributed by atoms with Gasteiger partial charge in [0.25, 0.3) is 5.91 Å². The predicted molar refractivity (Wildman–Crippen MR) is 146 cm³/mol. The van der Waals surface area contributed by atoms with Crippen LogP contribution in [0, 0.1) is 0 Å². The molecule has 2 unspecified atom stereocenters. The lowest BCUT2D eigenvalue weighted by molar-refractivity contribution is 0.0184. The van der Waals surface area contributed by atoms with E-state index < -0.39 is 5.72 Å². The maximum absolute atomic E-state index is 14.3. The molecule has 0 saturated carbocycles. The van der Waals surface area contributed by atoms with Crippen LogP contribution in [0.1, 0.15) is 47.8 Å². The minimum absolute atomic E-state index is 0.261. The number of aryl methyl sites for hydroxylation is 1. The zero-order valence-corrected chi connectivity index (χ0v) is 22.4. The summed E-state index contributed by atoms with van der Waals surface area (Å²) in [4.78, 5) is 17.9. The fourth-order valence-electron chi connectivity index (χ4n) is 5.24. The van der Waals surface area contributed by atoms with Gasteiger partial charge in [-0.25, -0.2) is 0 Å². The molecular weight excluding hydrogens is 488 g/mol. The van der Waals surface area contributed by atoms with Crippen molar-refractivity contribution in [3.8, 4) is 23.0 Å². The van der Waals surface area contributed by atoms with Gasteiger partial charge in [0, 0.05) is 23.2 Å². The van der Waals surface area contributed by atoms with Crippen LogP contribution in [-0.4, -0.2) is 43.0 Å². The third-order valence-electron chi connectivity index (χ3n) is 7.10. The summed E-state index contributed by atoms with van der Waals surface area (Å²) in [6.45, 7) is 4.14. The number of carbonyl (C=O) groups excluding carboxylic acids is 1. The second kappa shape index (κ2) is 9.59. The van der Waals surface area contributed by atoms with Crippen LogP contribution in [0.2, 0.25) is 0 Å². The normalized spacial score (nSPS) is 20.1. The van der Waals surface area contributed by atoms with E-state index in [1.54, 1.807) is 17.0 Å². The number of rotatable bonds is 6. The summed E-state index contributed by atoms with van der Waals surface area (Å²) >= 11 is 6.06. The Hall–Kier alpha value is -3.78. The second-order valence-electron chi connectivity index (χ2n) is 9.26. The highest BCUT2D eigenvalue weighted by Crippen LogP contribution is 2.50. The largest absolute Gasteiger partial charge is 0.493 e. The van der Waals surface area contributed by atoms with Gasteiger partial charge >= 0.3 is 0 Å². The second-order valence-corrected chi connectivity index (χ2v) is 9.63. The summed E-state index contributed by atoms with van der Waals surface area (Å²) in [5.41, 5.74) is 2.62. The van der Waals surface area contributed by atoms with Crippen molar-refractivity contribution in [3.63, 3.8) is 0 Å². The van der Waals surface area contributed by atoms with Crippen molar-refractivity contribution >= 4 is 28.9 Å². The van der Waals surface area contributed by atoms with Crippen LogP contribution in [-0.2, 0) is 6.42 Å². The number of hydrogen-bond donors (Lipinski definition) is 0. The first-order valence-corrected chi connectivity index (χ1v) is 12.6. The highest BCUT2D eigenvalue weighted by Gasteiger charge is 2.53. The fraction of sp³-hybridized carbons (Fsp3) is 0.310. The van der Waals surface area contributed by atoms with E-state index in [1.165, 1.54) is 26.9 Å². The molecule has 1 saturated heterocycles. The molecule has 192 valence electrons. The molecule has 1 amide bonds. The molecule has 3 aromatic carbocycles. The standard InChI is InChI=1S/C29H30N2O5S/c1-6-18-11-13-20(14-12-18)31-28(37)30(22-17-29(31,2)36-23-10-8-7-9-21(22)23)27(32)19-15-24(33-3)26(35-5)25(16-19)34-4/h7-16,22H,6,17H2,1-5H3. The number of methoxy groups -OCH3 is 3. The van der Waals surface area contributed by atoms with Crippen molar-refractivity contribution in [2.45, 2.75) is 38.5 Å². The van der Waals surface area contributed by atoms with Gasteiger partial charge in [0.15, 0.2) is 22.3 Å². The summed E-state index contributed by atoms with van der Waals surface area (Å²) < 4.78 is 23.0. The Morgan fingerprint density at radius 1 is 1.03 bits per heavy atom. The maximum Gasteiger partial charge on any atom is 0.260 e. The van der Waals surface area contributed by atoms with Crippen molar-refractivity contribution in [3.05, 3.63) is 77.4 Å². The highest BCUT2D eigenvalue weighted by molar-refractivity contribution is 7.80. The van der Waals surface area contributed by atoms with Crippen molar-refractivity contribution in [1.82, 2.24) is 4.90 Å². The van der Waals surface area contributed by atoms with Crippen LogP contribution in [0.4, 0.5) is 5.69 Å². The monoisotopic (exact) mass is 518 g/mol. The number of amides is 1. The summed E-state index contributed by atoms with van der Waals surface area (Å²) in [5.74, 6) is 1.70. The van der Waals surface area contributed by atoms with Gasteiger partial charge in [-0.1, -0.05) is 37.3 Å². The molecule has 5 rings (SSSR count). The van der Waals surface area contributed by atoms with Gasteiger partial charge in [0.2, 0.25) is 5.75 Å². The Balaban J connectivity index is 1.66. The predicted octanol–water partition coefficient (Wildman–Crippen LogP) is 5.76. The first-order valence-electron chi connectivity index (χ1n) is 12.2. The number of benzene rings is 3. The number of para-hydroxylation sites is 1. The average molecular weight is 519 g/mol. The number of nitrogens with zero attached hydrogens (tertiary/aromatic N) is 2. The van der Waals surface area contributed by atoms with Crippen molar-refractivity contribution in [1.29, 1.82) is 0 Å². The minimum atomic E-state index is -0.768. The first kappa shape index (κ1) is 24.9. The molecule has 7 nitrogen and oxygen atoms in total. The molecule has 2 aliphatic rings. The van der Waals surface area contributed by atoms with E-state index in [0.29, 0.717) is 34.3 Å². The number of carbonyl (C=O) groups is 1. The van der Waals surface area contributed by atoms with Crippen LogP contribution in [0.25, 0.3) is 0 Å². The van der Waals surface area contributed by atoms with Crippen LogP contribution < -0.4 is 23.8 Å². The maximum atomic E-state index is 14.3. The molecule has 2 atom stereocenters. The topological polar surface area (TPSA) is 60.5 Å². The summed E-state index contributed by atoms with van der Waals surface area (Å²) in [6.07, 6.45) is 1.47. The van der Waals surface area contributed by atoms with Gasteiger partial charge < -0.3 is 18.9 Å². The van der Waals surface area contributed by atoms with Crippen LogP contribution in [0.5, 0.6) is 23.0 Å². The summed E-state index contributed by atoms with van der Waals surface area (Å²) in [7, 11) is 4.58. The number of ether oxygens (including phenoxy) is 4. The van der Waals surface area contributed by atoms with Gasteiger partial charge in [0.1, 0.15) is 5.75 Å². The van der Waals surface area contributed by atoms with E-state index in [9.17, 15) is 4.79 Å².